The maximum atomic E-state index is 12.4. The Morgan fingerprint density at radius 1 is 1.30 bits per heavy atom. The van der Waals surface area contributed by atoms with E-state index in [1.165, 1.54) is 6.20 Å². The Morgan fingerprint density at radius 2 is 1.96 bits per heavy atom. The van der Waals surface area contributed by atoms with Gasteiger partial charge in [-0.15, -0.1) is 0 Å². The van der Waals surface area contributed by atoms with Gasteiger partial charge in [-0.1, -0.05) is 25.4 Å². The number of alkyl carbamates (subject to hydrolysis) is 1. The van der Waals surface area contributed by atoms with E-state index in [0.717, 1.165) is 0 Å². The van der Waals surface area contributed by atoms with Crippen molar-refractivity contribution in [2.24, 2.45) is 5.92 Å². The van der Waals surface area contributed by atoms with Gasteiger partial charge >= 0.3 is 6.09 Å². The van der Waals surface area contributed by atoms with Gasteiger partial charge in [-0.3, -0.25) is 4.79 Å². The predicted octanol–water partition coefficient (Wildman–Crippen LogP) is 3.61. The molecule has 1 atom stereocenters. The minimum absolute atomic E-state index is 0.226. The lowest BCUT2D eigenvalue weighted by molar-refractivity contribution is -0.118. The molecule has 0 aliphatic rings. The van der Waals surface area contributed by atoms with E-state index < -0.39 is 17.7 Å². The Kier molecular flexibility index (Phi) is 6.81. The van der Waals surface area contributed by atoms with Crippen molar-refractivity contribution in [3.05, 3.63) is 23.5 Å². The Morgan fingerprint density at radius 3 is 2.43 bits per heavy atom. The molecule has 0 radical (unpaired) electrons. The fourth-order valence-corrected chi connectivity index (χ4v) is 1.94. The van der Waals surface area contributed by atoms with Crippen LogP contribution < -0.4 is 10.6 Å². The van der Waals surface area contributed by atoms with E-state index in [9.17, 15) is 9.59 Å². The fourth-order valence-electron chi connectivity index (χ4n) is 1.83. The third-order valence-corrected chi connectivity index (χ3v) is 2.93. The van der Waals surface area contributed by atoms with E-state index in [0.29, 0.717) is 17.3 Å². The van der Waals surface area contributed by atoms with Gasteiger partial charge in [0.2, 0.25) is 5.91 Å². The molecule has 2 N–H and O–H groups in total. The second-order valence-electron chi connectivity index (χ2n) is 6.69. The zero-order valence-electron chi connectivity index (χ0n) is 14.1. The molecule has 0 saturated carbocycles. The lowest BCUT2D eigenvalue weighted by Gasteiger charge is -2.24. The SMILES string of the molecule is CC(C)C[C@@H](NC(=O)OC(C)(C)C)C(=O)Nc1ccc(Cl)nc1. The fraction of sp³-hybridized carbons (Fsp3) is 0.562. The first-order valence-electron chi connectivity index (χ1n) is 7.49. The van der Waals surface area contributed by atoms with E-state index in [-0.39, 0.29) is 11.8 Å². The number of ether oxygens (including phenoxy) is 1. The average molecular weight is 342 g/mol. The highest BCUT2D eigenvalue weighted by atomic mass is 35.5. The van der Waals surface area contributed by atoms with Crippen LogP contribution in [0.2, 0.25) is 5.15 Å². The summed E-state index contributed by atoms with van der Waals surface area (Å²) in [5, 5.41) is 5.67. The second kappa shape index (κ2) is 8.15. The molecule has 0 aliphatic heterocycles. The smallest absolute Gasteiger partial charge is 0.408 e. The zero-order valence-corrected chi connectivity index (χ0v) is 14.9. The minimum atomic E-state index is -0.694. The average Bonchev–Trinajstić information content (AvgIpc) is 2.38. The van der Waals surface area contributed by atoms with Crippen LogP contribution in [0.25, 0.3) is 0 Å². The summed E-state index contributed by atoms with van der Waals surface area (Å²) < 4.78 is 5.21. The summed E-state index contributed by atoms with van der Waals surface area (Å²) in [5.41, 5.74) is -0.109. The van der Waals surface area contributed by atoms with Gasteiger partial charge in [0.05, 0.1) is 11.9 Å². The highest BCUT2D eigenvalue weighted by molar-refractivity contribution is 6.29. The summed E-state index contributed by atoms with van der Waals surface area (Å²) >= 11 is 5.71. The maximum absolute atomic E-state index is 12.4. The normalized spacial score (nSPS) is 12.7. The van der Waals surface area contributed by atoms with Gasteiger partial charge in [0, 0.05) is 0 Å². The van der Waals surface area contributed by atoms with E-state index in [4.69, 9.17) is 16.3 Å². The van der Waals surface area contributed by atoms with Crippen LogP contribution in [-0.2, 0) is 9.53 Å². The number of carbonyl (C=O) groups is 2. The van der Waals surface area contributed by atoms with Crippen molar-refractivity contribution in [1.82, 2.24) is 10.3 Å². The summed E-state index contributed by atoms with van der Waals surface area (Å²) in [7, 11) is 0. The molecule has 0 aliphatic carbocycles. The molecule has 1 rings (SSSR count). The second-order valence-corrected chi connectivity index (χ2v) is 7.07. The molecular formula is C16H24ClN3O3. The molecule has 0 aromatic carbocycles. The first-order chi connectivity index (χ1) is 10.6. The molecule has 0 unspecified atom stereocenters. The van der Waals surface area contributed by atoms with Crippen molar-refractivity contribution in [1.29, 1.82) is 0 Å². The lowest BCUT2D eigenvalue weighted by Crippen LogP contribution is -2.46. The van der Waals surface area contributed by atoms with Gasteiger partial charge in [-0.05, 0) is 45.2 Å². The third kappa shape index (κ3) is 7.83. The van der Waals surface area contributed by atoms with E-state index in [2.05, 4.69) is 15.6 Å². The Labute approximate surface area is 142 Å². The zero-order chi connectivity index (χ0) is 17.6. The molecule has 7 heteroatoms. The van der Waals surface area contributed by atoms with Crippen LogP contribution in [0.3, 0.4) is 0 Å². The Hall–Kier alpha value is -1.82. The van der Waals surface area contributed by atoms with Crippen LogP contribution in [0.5, 0.6) is 0 Å². The molecule has 23 heavy (non-hydrogen) atoms. The molecule has 6 nitrogen and oxygen atoms in total. The van der Waals surface area contributed by atoms with Crippen LogP contribution in [0, 0.1) is 5.92 Å². The van der Waals surface area contributed by atoms with E-state index in [1.807, 2.05) is 13.8 Å². The van der Waals surface area contributed by atoms with Crippen LogP contribution in [-0.4, -0.2) is 28.6 Å². The molecule has 0 spiro atoms. The Balaban J connectivity index is 2.74. The number of rotatable bonds is 5. The number of halogens is 1. The van der Waals surface area contributed by atoms with E-state index >= 15 is 0 Å². The largest absolute Gasteiger partial charge is 0.444 e. The van der Waals surface area contributed by atoms with Crippen LogP contribution in [0.15, 0.2) is 18.3 Å². The highest BCUT2D eigenvalue weighted by Crippen LogP contribution is 2.13. The first kappa shape index (κ1) is 19.2. The van der Waals surface area contributed by atoms with Gasteiger partial charge < -0.3 is 15.4 Å². The standard InChI is InChI=1S/C16H24ClN3O3/c1-10(2)8-12(20-15(22)23-16(3,4)5)14(21)19-11-6-7-13(17)18-9-11/h6-7,9-10,12H,8H2,1-5H3,(H,19,21)(H,20,22)/t12-/m1/s1. The molecule has 0 fully saturated rings. The van der Waals surface area contributed by atoms with Crippen molar-refractivity contribution in [2.75, 3.05) is 5.32 Å². The number of amides is 2. The number of nitrogens with zero attached hydrogens (tertiary/aromatic N) is 1. The van der Waals surface area contributed by atoms with Crippen molar-refractivity contribution in [2.45, 2.75) is 52.7 Å². The van der Waals surface area contributed by atoms with Crippen molar-refractivity contribution >= 4 is 29.3 Å². The maximum Gasteiger partial charge on any atom is 0.408 e. The van der Waals surface area contributed by atoms with Crippen LogP contribution >= 0.6 is 11.6 Å². The van der Waals surface area contributed by atoms with Crippen molar-refractivity contribution in [3.8, 4) is 0 Å². The molecule has 1 aromatic heterocycles. The topological polar surface area (TPSA) is 80.3 Å². The Bertz CT molecular complexity index is 538. The summed E-state index contributed by atoms with van der Waals surface area (Å²) in [5.74, 6) is -0.0993. The minimum Gasteiger partial charge on any atom is -0.444 e. The summed E-state index contributed by atoms with van der Waals surface area (Å²) in [6.45, 7) is 9.25. The number of anilines is 1. The summed E-state index contributed by atoms with van der Waals surface area (Å²) in [6, 6.07) is 2.53. The molecule has 2 amide bonds. The summed E-state index contributed by atoms with van der Waals surface area (Å²) in [4.78, 5) is 28.2. The van der Waals surface area contributed by atoms with Gasteiger partial charge in [-0.2, -0.15) is 0 Å². The van der Waals surface area contributed by atoms with Crippen LogP contribution in [0.4, 0.5) is 10.5 Å². The molecule has 1 heterocycles. The monoisotopic (exact) mass is 341 g/mol. The predicted molar refractivity (Wildman–Crippen MR) is 90.5 cm³/mol. The van der Waals surface area contributed by atoms with Crippen molar-refractivity contribution < 1.29 is 14.3 Å². The van der Waals surface area contributed by atoms with Gasteiger partial charge in [0.1, 0.15) is 16.8 Å². The lowest BCUT2D eigenvalue weighted by atomic mass is 10.0. The van der Waals surface area contributed by atoms with E-state index in [1.54, 1.807) is 32.9 Å². The van der Waals surface area contributed by atoms with Gasteiger partial charge in [-0.25, -0.2) is 9.78 Å². The molecule has 1 aromatic rings. The number of carbonyl (C=O) groups excluding carboxylic acids is 2. The number of nitrogens with one attached hydrogen (secondary N) is 2. The first-order valence-corrected chi connectivity index (χ1v) is 7.86. The molecular weight excluding hydrogens is 318 g/mol. The van der Waals surface area contributed by atoms with Gasteiger partial charge in [0.15, 0.2) is 0 Å². The number of hydrogen-bond acceptors (Lipinski definition) is 4. The molecule has 0 bridgehead atoms. The molecule has 128 valence electrons. The highest BCUT2D eigenvalue weighted by Gasteiger charge is 2.25. The number of aromatic nitrogens is 1. The number of pyridine rings is 1. The van der Waals surface area contributed by atoms with Gasteiger partial charge in [0.25, 0.3) is 0 Å². The third-order valence-electron chi connectivity index (χ3n) is 2.71. The summed E-state index contributed by atoms with van der Waals surface area (Å²) in [6.07, 6.45) is 1.33. The van der Waals surface area contributed by atoms with Crippen molar-refractivity contribution in [3.63, 3.8) is 0 Å². The quantitative estimate of drug-likeness (QED) is 0.802. The number of hydrogen-bond donors (Lipinski definition) is 2. The molecule has 0 saturated heterocycles. The van der Waals surface area contributed by atoms with Crippen LogP contribution in [0.1, 0.15) is 41.0 Å².